The van der Waals surface area contributed by atoms with E-state index in [1.807, 2.05) is 31.2 Å². The Kier molecular flexibility index (Phi) is 4.11. The summed E-state index contributed by atoms with van der Waals surface area (Å²) in [7, 11) is 0. The Morgan fingerprint density at radius 3 is 2.89 bits per heavy atom. The highest BCUT2D eigenvalue weighted by Crippen LogP contribution is 2.35. The fraction of sp³-hybridized carbons (Fsp3) is 0.250. The predicted molar refractivity (Wildman–Crippen MR) is 106 cm³/mol. The van der Waals surface area contributed by atoms with E-state index in [0.717, 1.165) is 22.2 Å². The maximum Gasteiger partial charge on any atom is 0.280 e. The molecule has 0 fully saturated rings. The molecule has 1 aromatic heterocycles. The summed E-state index contributed by atoms with van der Waals surface area (Å²) in [6.45, 7) is 5.47. The van der Waals surface area contributed by atoms with Crippen molar-refractivity contribution < 1.29 is 14.3 Å². The van der Waals surface area contributed by atoms with E-state index in [-0.39, 0.29) is 0 Å². The summed E-state index contributed by atoms with van der Waals surface area (Å²) in [5.74, 6) is -0.594. The number of hydrogen-bond donors (Lipinski definition) is 2. The molecular formula is C20H19N3O3S. The molecule has 6 nitrogen and oxygen atoms in total. The zero-order chi connectivity index (χ0) is 19.2. The van der Waals surface area contributed by atoms with Crippen molar-refractivity contribution >= 4 is 44.2 Å². The van der Waals surface area contributed by atoms with Gasteiger partial charge in [0.25, 0.3) is 17.4 Å². The topological polar surface area (TPSA) is 80.3 Å². The highest BCUT2D eigenvalue weighted by Gasteiger charge is 2.47. The summed E-state index contributed by atoms with van der Waals surface area (Å²) >= 11 is 1.38. The highest BCUT2D eigenvalue weighted by atomic mass is 32.1. The summed E-state index contributed by atoms with van der Waals surface area (Å²) < 4.78 is 6.77. The SMILES string of the molecule is CCc1ccc2nc(NC(=O)C3(C)Oc4ccc(C)cc4NC3=O)sc2c1. The van der Waals surface area contributed by atoms with Crippen molar-refractivity contribution in [1.29, 1.82) is 0 Å². The van der Waals surface area contributed by atoms with Gasteiger partial charge in [0.15, 0.2) is 5.13 Å². The molecular weight excluding hydrogens is 362 g/mol. The van der Waals surface area contributed by atoms with E-state index < -0.39 is 17.4 Å². The lowest BCUT2D eigenvalue weighted by atomic mass is 10.0. The molecule has 0 aliphatic carbocycles. The average molecular weight is 381 g/mol. The zero-order valence-corrected chi connectivity index (χ0v) is 16.1. The fourth-order valence-corrected chi connectivity index (χ4v) is 3.87. The number of thiazole rings is 1. The number of hydrogen-bond acceptors (Lipinski definition) is 5. The number of carbonyl (C=O) groups excluding carboxylic acids is 2. The minimum Gasteiger partial charge on any atom is -0.466 e. The molecule has 2 heterocycles. The van der Waals surface area contributed by atoms with Gasteiger partial charge >= 0.3 is 0 Å². The third-order valence-corrected chi connectivity index (χ3v) is 5.58. The number of amides is 2. The van der Waals surface area contributed by atoms with Crippen LogP contribution in [0.2, 0.25) is 0 Å². The summed E-state index contributed by atoms with van der Waals surface area (Å²) in [6, 6.07) is 11.4. The molecule has 7 heteroatoms. The second-order valence-electron chi connectivity index (χ2n) is 6.72. The lowest BCUT2D eigenvalue weighted by Crippen LogP contribution is -2.56. The number of aryl methyl sites for hydroxylation is 2. The molecule has 4 rings (SSSR count). The first-order chi connectivity index (χ1) is 12.9. The van der Waals surface area contributed by atoms with Gasteiger partial charge in [0.05, 0.1) is 15.9 Å². The number of nitrogens with one attached hydrogen (secondary N) is 2. The monoisotopic (exact) mass is 381 g/mol. The van der Waals surface area contributed by atoms with E-state index in [0.29, 0.717) is 16.6 Å². The van der Waals surface area contributed by atoms with Crippen molar-refractivity contribution in [3.05, 3.63) is 47.5 Å². The molecule has 2 amide bonds. The number of carbonyl (C=O) groups is 2. The molecule has 1 aliphatic heterocycles. The Morgan fingerprint density at radius 1 is 1.30 bits per heavy atom. The maximum absolute atomic E-state index is 12.8. The molecule has 1 unspecified atom stereocenters. The molecule has 1 atom stereocenters. The van der Waals surface area contributed by atoms with E-state index in [2.05, 4.69) is 28.6 Å². The van der Waals surface area contributed by atoms with Crippen LogP contribution in [-0.4, -0.2) is 22.4 Å². The van der Waals surface area contributed by atoms with Gasteiger partial charge in [0.2, 0.25) is 0 Å². The van der Waals surface area contributed by atoms with Crippen LogP contribution in [0, 0.1) is 6.92 Å². The molecule has 0 bridgehead atoms. The number of fused-ring (bicyclic) bond motifs is 2. The Hall–Kier alpha value is -2.93. The van der Waals surface area contributed by atoms with Crippen LogP contribution < -0.4 is 15.4 Å². The first-order valence-electron chi connectivity index (χ1n) is 8.71. The van der Waals surface area contributed by atoms with Gasteiger partial charge in [0, 0.05) is 0 Å². The van der Waals surface area contributed by atoms with Crippen LogP contribution in [0.1, 0.15) is 25.0 Å². The standard InChI is InChI=1S/C20H19N3O3S/c1-4-12-6-7-13-16(10-12)27-19(22-13)23-18(25)20(3)17(24)21-14-9-11(2)5-8-15(14)26-20/h5-10H,4H2,1-3H3,(H,21,24)(H,22,23,25). The first kappa shape index (κ1) is 17.5. The molecule has 0 spiro atoms. The quantitative estimate of drug-likeness (QED) is 0.675. The van der Waals surface area contributed by atoms with Gasteiger partial charge < -0.3 is 10.1 Å². The van der Waals surface area contributed by atoms with Gasteiger partial charge in [-0.15, -0.1) is 0 Å². The van der Waals surface area contributed by atoms with E-state index in [1.54, 1.807) is 6.07 Å². The third kappa shape index (κ3) is 3.04. The molecule has 0 saturated carbocycles. The van der Waals surface area contributed by atoms with Gasteiger partial charge in [-0.1, -0.05) is 30.4 Å². The normalized spacial score (nSPS) is 18.6. The number of rotatable bonds is 3. The molecule has 138 valence electrons. The van der Waals surface area contributed by atoms with E-state index >= 15 is 0 Å². The number of anilines is 2. The number of ether oxygens (including phenoxy) is 1. The second kappa shape index (κ2) is 6.35. The minimum absolute atomic E-state index is 0.440. The van der Waals surface area contributed by atoms with Crippen molar-refractivity contribution in [3.8, 4) is 5.75 Å². The molecule has 27 heavy (non-hydrogen) atoms. The average Bonchev–Trinajstić information content (AvgIpc) is 3.04. The summed E-state index contributed by atoms with van der Waals surface area (Å²) in [6.07, 6.45) is 0.931. The molecule has 2 aromatic carbocycles. The van der Waals surface area contributed by atoms with Crippen LogP contribution in [-0.2, 0) is 16.0 Å². The molecule has 2 N–H and O–H groups in total. The second-order valence-corrected chi connectivity index (χ2v) is 7.75. The molecule has 3 aromatic rings. The Balaban J connectivity index is 1.60. The Labute approximate surface area is 160 Å². The lowest BCUT2D eigenvalue weighted by molar-refractivity contribution is -0.143. The van der Waals surface area contributed by atoms with Crippen molar-refractivity contribution in [1.82, 2.24) is 4.98 Å². The third-order valence-electron chi connectivity index (χ3n) is 4.65. The summed E-state index contributed by atoms with van der Waals surface area (Å²) in [4.78, 5) is 29.8. The fourth-order valence-electron chi connectivity index (χ4n) is 2.95. The van der Waals surface area contributed by atoms with Crippen LogP contribution in [0.25, 0.3) is 10.2 Å². The van der Waals surface area contributed by atoms with Crippen molar-refractivity contribution in [2.45, 2.75) is 32.8 Å². The van der Waals surface area contributed by atoms with Gasteiger partial charge in [-0.05, 0) is 55.7 Å². The smallest absolute Gasteiger partial charge is 0.280 e. The van der Waals surface area contributed by atoms with Gasteiger partial charge in [0.1, 0.15) is 5.75 Å². The maximum atomic E-state index is 12.8. The molecule has 0 saturated heterocycles. The van der Waals surface area contributed by atoms with Gasteiger partial charge in [-0.25, -0.2) is 4.98 Å². The summed E-state index contributed by atoms with van der Waals surface area (Å²) in [5.41, 5.74) is 1.91. The summed E-state index contributed by atoms with van der Waals surface area (Å²) in [5, 5.41) is 5.93. The van der Waals surface area contributed by atoms with Gasteiger partial charge in [-0.3, -0.25) is 14.9 Å². The zero-order valence-electron chi connectivity index (χ0n) is 15.3. The van der Waals surface area contributed by atoms with E-state index in [9.17, 15) is 9.59 Å². The van der Waals surface area contributed by atoms with E-state index in [1.165, 1.54) is 23.8 Å². The number of benzene rings is 2. The minimum atomic E-state index is -1.67. The van der Waals surface area contributed by atoms with Crippen molar-refractivity contribution in [2.75, 3.05) is 10.6 Å². The largest absolute Gasteiger partial charge is 0.466 e. The predicted octanol–water partition coefficient (Wildman–Crippen LogP) is 3.90. The van der Waals surface area contributed by atoms with Crippen LogP contribution in [0.5, 0.6) is 5.75 Å². The number of aromatic nitrogens is 1. The van der Waals surface area contributed by atoms with Crippen LogP contribution in [0.4, 0.5) is 10.8 Å². The highest BCUT2D eigenvalue weighted by molar-refractivity contribution is 7.22. The Morgan fingerprint density at radius 2 is 2.11 bits per heavy atom. The van der Waals surface area contributed by atoms with Gasteiger partial charge in [-0.2, -0.15) is 0 Å². The van der Waals surface area contributed by atoms with Crippen LogP contribution in [0.15, 0.2) is 36.4 Å². The first-order valence-corrected chi connectivity index (χ1v) is 9.53. The van der Waals surface area contributed by atoms with E-state index in [4.69, 9.17) is 4.74 Å². The Bertz CT molecular complexity index is 1080. The van der Waals surface area contributed by atoms with Crippen LogP contribution in [0.3, 0.4) is 0 Å². The molecule has 1 aliphatic rings. The number of nitrogens with zero attached hydrogens (tertiary/aromatic N) is 1. The lowest BCUT2D eigenvalue weighted by Gasteiger charge is -2.33. The molecule has 0 radical (unpaired) electrons. The van der Waals surface area contributed by atoms with Crippen molar-refractivity contribution in [2.24, 2.45) is 0 Å². The van der Waals surface area contributed by atoms with Crippen LogP contribution >= 0.6 is 11.3 Å². The van der Waals surface area contributed by atoms with Crippen molar-refractivity contribution in [3.63, 3.8) is 0 Å².